The zero-order valence-corrected chi connectivity index (χ0v) is 11.8. The van der Waals surface area contributed by atoms with Crippen molar-refractivity contribution < 1.29 is 4.52 Å². The van der Waals surface area contributed by atoms with Gasteiger partial charge in [0.15, 0.2) is 5.82 Å². The van der Waals surface area contributed by atoms with Crippen molar-refractivity contribution in [2.24, 2.45) is 5.73 Å². The van der Waals surface area contributed by atoms with E-state index in [0.717, 1.165) is 10.6 Å². The minimum Gasteiger partial charge on any atom is -0.338 e. The molecule has 19 heavy (non-hydrogen) atoms. The highest BCUT2D eigenvalue weighted by Crippen LogP contribution is 2.26. The lowest BCUT2D eigenvalue weighted by atomic mass is 10.1. The number of halogens is 1. The first-order valence-corrected chi connectivity index (χ1v) is 6.45. The molecule has 0 saturated carbocycles. The van der Waals surface area contributed by atoms with E-state index < -0.39 is 0 Å². The van der Waals surface area contributed by atoms with Gasteiger partial charge in [0, 0.05) is 11.1 Å². The Kier molecular flexibility index (Phi) is 4.52. The first-order valence-electron chi connectivity index (χ1n) is 6.08. The molecular formula is C13H17ClN4O. The lowest BCUT2D eigenvalue weighted by molar-refractivity contribution is 0.242. The fraction of sp³-hybridized carbons (Fsp3) is 0.385. The summed E-state index contributed by atoms with van der Waals surface area (Å²) in [5.74, 6) is 1.08. The molecule has 0 fully saturated rings. The molecule has 0 aliphatic heterocycles. The van der Waals surface area contributed by atoms with E-state index in [9.17, 15) is 0 Å². The van der Waals surface area contributed by atoms with Crippen molar-refractivity contribution in [3.63, 3.8) is 0 Å². The minimum absolute atomic E-state index is 0.161. The van der Waals surface area contributed by atoms with Crippen molar-refractivity contribution in [2.75, 3.05) is 7.05 Å². The molecule has 2 N–H and O–H groups in total. The van der Waals surface area contributed by atoms with Crippen LogP contribution in [0.4, 0.5) is 0 Å². The third-order valence-electron chi connectivity index (χ3n) is 3.09. The Morgan fingerprint density at radius 1 is 1.42 bits per heavy atom. The monoisotopic (exact) mass is 280 g/mol. The number of benzene rings is 1. The van der Waals surface area contributed by atoms with E-state index in [1.807, 2.05) is 31.3 Å². The Labute approximate surface area is 117 Å². The third kappa shape index (κ3) is 3.32. The summed E-state index contributed by atoms with van der Waals surface area (Å²) in [4.78, 5) is 6.29. The number of nitrogens with two attached hydrogens (primary N) is 1. The first-order chi connectivity index (χ1) is 9.11. The largest absolute Gasteiger partial charge is 0.338 e. The zero-order chi connectivity index (χ0) is 13.8. The van der Waals surface area contributed by atoms with Crippen molar-refractivity contribution in [1.29, 1.82) is 0 Å². The van der Waals surface area contributed by atoms with Gasteiger partial charge in [0.1, 0.15) is 0 Å². The minimum atomic E-state index is 0.161. The molecule has 1 unspecified atom stereocenters. The Morgan fingerprint density at radius 2 is 2.16 bits per heavy atom. The molecule has 2 aromatic rings. The molecule has 0 aliphatic rings. The topological polar surface area (TPSA) is 68.2 Å². The predicted octanol–water partition coefficient (Wildman–Crippen LogP) is 2.37. The van der Waals surface area contributed by atoms with Gasteiger partial charge in [-0.25, -0.2) is 0 Å². The highest BCUT2D eigenvalue weighted by atomic mass is 35.5. The zero-order valence-electron chi connectivity index (χ0n) is 11.0. The van der Waals surface area contributed by atoms with Crippen LogP contribution < -0.4 is 5.73 Å². The molecule has 0 amide bonds. The van der Waals surface area contributed by atoms with Gasteiger partial charge in [0.2, 0.25) is 5.89 Å². The van der Waals surface area contributed by atoms with Crippen LogP contribution in [0.5, 0.6) is 0 Å². The van der Waals surface area contributed by atoms with E-state index in [1.54, 1.807) is 0 Å². The maximum Gasteiger partial charge on any atom is 0.240 e. The van der Waals surface area contributed by atoms with Gasteiger partial charge < -0.3 is 10.3 Å². The summed E-state index contributed by atoms with van der Waals surface area (Å²) < 4.78 is 4.99. The highest BCUT2D eigenvalue weighted by Gasteiger charge is 2.16. The van der Waals surface area contributed by atoms with E-state index in [2.05, 4.69) is 22.0 Å². The van der Waals surface area contributed by atoms with Crippen molar-refractivity contribution >= 4 is 11.6 Å². The number of rotatable bonds is 5. The maximum absolute atomic E-state index is 6.20. The van der Waals surface area contributed by atoms with E-state index in [4.69, 9.17) is 21.9 Å². The van der Waals surface area contributed by atoms with E-state index in [1.165, 1.54) is 0 Å². The van der Waals surface area contributed by atoms with Gasteiger partial charge in [-0.1, -0.05) is 35.0 Å². The maximum atomic E-state index is 6.20. The normalized spacial score (nSPS) is 12.9. The van der Waals surface area contributed by atoms with Crippen LogP contribution in [0, 0.1) is 0 Å². The summed E-state index contributed by atoms with van der Waals surface area (Å²) in [5, 5.41) is 4.65. The van der Waals surface area contributed by atoms with Gasteiger partial charge in [0.25, 0.3) is 0 Å². The standard InChI is InChI=1S/C13H17ClN4O/c1-9(10-5-3-4-6-11(10)14)18(2)8-12-16-13(7-15)19-17-12/h3-6,9H,7-8,15H2,1-2H3. The second-order valence-electron chi connectivity index (χ2n) is 4.42. The van der Waals surface area contributed by atoms with Crippen molar-refractivity contribution in [1.82, 2.24) is 15.0 Å². The Morgan fingerprint density at radius 3 is 2.79 bits per heavy atom. The Bertz CT molecular complexity index is 543. The lowest BCUT2D eigenvalue weighted by Crippen LogP contribution is -2.22. The fourth-order valence-electron chi connectivity index (χ4n) is 1.85. The van der Waals surface area contributed by atoms with Crippen LogP contribution in [-0.4, -0.2) is 22.1 Å². The molecule has 1 aromatic carbocycles. The van der Waals surface area contributed by atoms with Gasteiger partial charge in [-0.3, -0.25) is 4.90 Å². The Balaban J connectivity index is 2.07. The van der Waals surface area contributed by atoms with Crippen LogP contribution in [0.1, 0.15) is 30.2 Å². The van der Waals surface area contributed by atoms with Crippen LogP contribution in [-0.2, 0) is 13.1 Å². The summed E-state index contributed by atoms with van der Waals surface area (Å²) in [7, 11) is 1.99. The summed E-state index contributed by atoms with van der Waals surface area (Å²) >= 11 is 6.20. The molecule has 102 valence electrons. The molecule has 6 heteroatoms. The quantitative estimate of drug-likeness (QED) is 0.911. The number of hydrogen-bond donors (Lipinski definition) is 1. The molecule has 1 atom stereocenters. The molecule has 0 radical (unpaired) electrons. The van der Waals surface area contributed by atoms with Gasteiger partial charge in [0.05, 0.1) is 13.1 Å². The first kappa shape index (κ1) is 14.0. The molecule has 5 nitrogen and oxygen atoms in total. The SMILES string of the molecule is CC(c1ccccc1Cl)N(C)Cc1noc(CN)n1. The van der Waals surface area contributed by atoms with Crippen molar-refractivity contribution in [3.05, 3.63) is 46.6 Å². The second-order valence-corrected chi connectivity index (χ2v) is 4.83. The van der Waals surface area contributed by atoms with Crippen LogP contribution in [0.25, 0.3) is 0 Å². The smallest absolute Gasteiger partial charge is 0.240 e. The van der Waals surface area contributed by atoms with Gasteiger partial charge in [-0.15, -0.1) is 0 Å². The summed E-state index contributed by atoms with van der Waals surface area (Å²) in [5.41, 5.74) is 6.52. The van der Waals surface area contributed by atoms with Gasteiger partial charge >= 0.3 is 0 Å². The average Bonchev–Trinajstić information content (AvgIpc) is 2.86. The Hall–Kier alpha value is -1.43. The van der Waals surface area contributed by atoms with E-state index in [0.29, 0.717) is 18.3 Å². The van der Waals surface area contributed by atoms with Crippen LogP contribution in [0.15, 0.2) is 28.8 Å². The third-order valence-corrected chi connectivity index (χ3v) is 3.44. The van der Waals surface area contributed by atoms with E-state index in [-0.39, 0.29) is 12.6 Å². The molecule has 1 aromatic heterocycles. The molecule has 0 bridgehead atoms. The van der Waals surface area contributed by atoms with Gasteiger partial charge in [-0.05, 0) is 25.6 Å². The molecule has 1 heterocycles. The molecule has 0 spiro atoms. The van der Waals surface area contributed by atoms with Gasteiger partial charge in [-0.2, -0.15) is 4.98 Å². The van der Waals surface area contributed by atoms with E-state index >= 15 is 0 Å². The van der Waals surface area contributed by atoms with Crippen LogP contribution in [0.3, 0.4) is 0 Å². The number of nitrogens with zero attached hydrogens (tertiary/aromatic N) is 3. The lowest BCUT2D eigenvalue weighted by Gasteiger charge is -2.24. The van der Waals surface area contributed by atoms with Crippen LogP contribution >= 0.6 is 11.6 Å². The average molecular weight is 281 g/mol. The molecular weight excluding hydrogens is 264 g/mol. The fourth-order valence-corrected chi connectivity index (χ4v) is 2.14. The number of hydrogen-bond acceptors (Lipinski definition) is 5. The molecule has 0 aliphatic carbocycles. The summed E-state index contributed by atoms with van der Waals surface area (Å²) in [6.07, 6.45) is 0. The summed E-state index contributed by atoms with van der Waals surface area (Å²) in [6.45, 7) is 2.93. The molecule has 0 saturated heterocycles. The van der Waals surface area contributed by atoms with Crippen LogP contribution in [0.2, 0.25) is 5.02 Å². The van der Waals surface area contributed by atoms with Crippen molar-refractivity contribution in [3.8, 4) is 0 Å². The second kappa shape index (κ2) is 6.14. The highest BCUT2D eigenvalue weighted by molar-refractivity contribution is 6.31. The number of aromatic nitrogens is 2. The molecule has 2 rings (SSSR count). The summed E-state index contributed by atoms with van der Waals surface area (Å²) in [6, 6.07) is 7.97. The van der Waals surface area contributed by atoms with Crippen molar-refractivity contribution in [2.45, 2.75) is 26.1 Å². The predicted molar refractivity (Wildman–Crippen MR) is 73.5 cm³/mol.